The molecule has 0 aliphatic carbocycles. The van der Waals surface area contributed by atoms with Crippen LogP contribution in [-0.4, -0.2) is 66.6 Å². The maximum Gasteiger partial charge on any atom is 0.229 e. The van der Waals surface area contributed by atoms with Crippen molar-refractivity contribution in [2.24, 2.45) is 0 Å². The predicted octanol–water partition coefficient (Wildman–Crippen LogP) is 4.71. The maximum absolute atomic E-state index is 6.02. The normalized spacial score (nSPS) is 11.2. The van der Waals surface area contributed by atoms with Crippen LogP contribution < -0.4 is 20.5 Å². The van der Waals surface area contributed by atoms with E-state index in [0.717, 1.165) is 20.9 Å². The number of benzene rings is 1. The molecule has 0 spiro atoms. The van der Waals surface area contributed by atoms with E-state index in [4.69, 9.17) is 29.1 Å². The number of aromatic nitrogens is 4. The first-order valence-electron chi connectivity index (χ1n) is 12.3. The maximum atomic E-state index is 6.02. The minimum atomic E-state index is 0.391. The third-order valence-corrected chi connectivity index (χ3v) is 6.15. The Hall–Kier alpha value is -4.00. The van der Waals surface area contributed by atoms with E-state index in [2.05, 4.69) is 41.2 Å². The summed E-state index contributed by atoms with van der Waals surface area (Å²) in [7, 11) is 1.80. The summed E-state index contributed by atoms with van der Waals surface area (Å²) in [4.78, 5) is 17.4. The molecule has 0 saturated carbocycles. The van der Waals surface area contributed by atoms with Gasteiger partial charge in [-0.05, 0) is 46.3 Å². The van der Waals surface area contributed by atoms with Crippen molar-refractivity contribution in [3.05, 3.63) is 59.6 Å². The summed E-state index contributed by atoms with van der Waals surface area (Å²) < 4.78 is 29.3. The van der Waals surface area contributed by atoms with Gasteiger partial charge in [-0.3, -0.25) is 0 Å². The zero-order valence-corrected chi connectivity index (χ0v) is 22.8. The zero-order chi connectivity index (χ0) is 27.0. The minimum Gasteiger partial charge on any atom is -0.491 e. The van der Waals surface area contributed by atoms with Crippen molar-refractivity contribution >= 4 is 49.4 Å². The van der Waals surface area contributed by atoms with Gasteiger partial charge in [0.2, 0.25) is 5.89 Å². The summed E-state index contributed by atoms with van der Waals surface area (Å²) >= 11 is 3.29. The third-order valence-electron chi connectivity index (χ3n) is 5.68. The number of rotatable bonds is 13. The minimum absolute atomic E-state index is 0.391. The first-order valence-corrected chi connectivity index (χ1v) is 13.1. The Morgan fingerprint density at radius 1 is 0.821 bits per heavy atom. The van der Waals surface area contributed by atoms with E-state index < -0.39 is 0 Å². The number of halogens is 1. The van der Waals surface area contributed by atoms with Crippen LogP contribution in [0.5, 0.6) is 11.5 Å². The van der Waals surface area contributed by atoms with Crippen molar-refractivity contribution in [3.8, 4) is 23.0 Å². The molecule has 0 bridgehead atoms. The van der Waals surface area contributed by atoms with Crippen LogP contribution in [0.15, 0.2) is 64.0 Å². The average molecular weight is 595 g/mol. The van der Waals surface area contributed by atoms with E-state index in [0.29, 0.717) is 79.8 Å². The summed E-state index contributed by atoms with van der Waals surface area (Å²) in [6.07, 6.45) is 5.06. The summed E-state index contributed by atoms with van der Waals surface area (Å²) in [5.74, 6) is 2.91. The molecule has 39 heavy (non-hydrogen) atoms. The highest BCUT2D eigenvalue weighted by Crippen LogP contribution is 2.34. The van der Waals surface area contributed by atoms with Gasteiger partial charge in [-0.15, -0.1) is 0 Å². The lowest BCUT2D eigenvalue weighted by Gasteiger charge is -2.08. The second kappa shape index (κ2) is 12.7. The molecule has 4 aromatic heterocycles. The van der Waals surface area contributed by atoms with Crippen molar-refractivity contribution in [1.29, 1.82) is 0 Å². The van der Waals surface area contributed by atoms with E-state index in [1.165, 1.54) is 0 Å². The Morgan fingerprint density at radius 3 is 2.31 bits per heavy atom. The number of nitrogens with two attached hydrogens (primary N) is 1. The van der Waals surface area contributed by atoms with Crippen LogP contribution in [-0.2, 0) is 9.47 Å². The predicted molar refractivity (Wildman–Crippen MR) is 151 cm³/mol. The van der Waals surface area contributed by atoms with Crippen LogP contribution in [0.3, 0.4) is 0 Å². The summed E-state index contributed by atoms with van der Waals surface area (Å²) in [6, 6.07) is 11.0. The number of anilines is 2. The van der Waals surface area contributed by atoms with Crippen molar-refractivity contribution in [2.45, 2.75) is 0 Å². The number of hydrogen-bond donors (Lipinski definition) is 2. The number of hydrogen-bond acceptors (Lipinski definition) is 11. The van der Waals surface area contributed by atoms with Gasteiger partial charge in [0.05, 0.1) is 38.2 Å². The van der Waals surface area contributed by atoms with Crippen LogP contribution in [0.4, 0.5) is 11.6 Å². The van der Waals surface area contributed by atoms with Crippen molar-refractivity contribution < 1.29 is 23.4 Å². The highest BCUT2D eigenvalue weighted by molar-refractivity contribution is 9.10. The number of pyridine rings is 3. The Labute approximate surface area is 232 Å². The van der Waals surface area contributed by atoms with Gasteiger partial charge in [0.25, 0.3) is 0 Å². The lowest BCUT2D eigenvalue weighted by atomic mass is 10.1. The third kappa shape index (κ3) is 6.72. The zero-order valence-electron chi connectivity index (χ0n) is 21.2. The molecule has 0 unspecified atom stereocenters. The summed E-state index contributed by atoms with van der Waals surface area (Å²) in [5, 5.41) is 4.74. The first-order chi connectivity index (χ1) is 19.1. The van der Waals surface area contributed by atoms with Crippen LogP contribution >= 0.6 is 15.9 Å². The molecule has 12 heteroatoms. The Kier molecular flexibility index (Phi) is 8.66. The van der Waals surface area contributed by atoms with Gasteiger partial charge in [0, 0.05) is 36.3 Å². The van der Waals surface area contributed by atoms with E-state index in [9.17, 15) is 0 Å². The molecule has 0 aliphatic heterocycles. The van der Waals surface area contributed by atoms with Gasteiger partial charge in [-0.25, -0.2) is 19.9 Å². The lowest BCUT2D eigenvalue weighted by molar-refractivity contribution is 0.0273. The Balaban J connectivity index is 1.08. The number of fused-ring (bicyclic) bond motifs is 2. The standard InChI is InChI=1S/C27H27BrN6O5/c1-30-26-20-15-32-25(29)13-19(20)21(16-33-26)27-34-22-12-17(2-4-23(22)39-27)37-10-8-35-6-7-36-9-11-38-18-3-5-24(28)31-14-18/h2-5,12-16H,6-11H2,1H3,(H2,29,32)(H,30,33). The second-order valence-corrected chi connectivity index (χ2v) is 9.12. The molecule has 11 nitrogen and oxygen atoms in total. The van der Waals surface area contributed by atoms with E-state index in [-0.39, 0.29) is 0 Å². The lowest BCUT2D eigenvalue weighted by Crippen LogP contribution is -2.13. The van der Waals surface area contributed by atoms with Gasteiger partial charge in [-0.1, -0.05) is 0 Å². The number of nitrogens with one attached hydrogen (secondary N) is 1. The molecule has 202 valence electrons. The average Bonchev–Trinajstić information content (AvgIpc) is 3.37. The van der Waals surface area contributed by atoms with Crippen LogP contribution in [0.2, 0.25) is 0 Å². The molecular formula is C27H27BrN6O5. The summed E-state index contributed by atoms with van der Waals surface area (Å²) in [6.45, 7) is 2.66. The Bertz CT molecular complexity index is 1550. The van der Waals surface area contributed by atoms with Crippen LogP contribution in [0, 0.1) is 0 Å². The monoisotopic (exact) mass is 594 g/mol. The van der Waals surface area contributed by atoms with Crippen molar-refractivity contribution in [3.63, 3.8) is 0 Å². The highest BCUT2D eigenvalue weighted by Gasteiger charge is 2.15. The molecule has 1 aromatic carbocycles. The smallest absolute Gasteiger partial charge is 0.229 e. The molecule has 0 fully saturated rings. The molecule has 0 aliphatic rings. The SMILES string of the molecule is CNc1ncc(-c2nc3cc(OCCOCCOCCOc4ccc(Br)nc4)ccc3o2)c2cc(N)ncc12. The molecule has 3 N–H and O–H groups in total. The fourth-order valence-corrected chi connectivity index (χ4v) is 4.07. The topological polar surface area (TPSA) is 140 Å². The molecule has 0 atom stereocenters. The molecular weight excluding hydrogens is 568 g/mol. The van der Waals surface area contributed by atoms with Gasteiger partial charge in [-0.2, -0.15) is 0 Å². The second-order valence-electron chi connectivity index (χ2n) is 8.31. The number of nitrogens with zero attached hydrogens (tertiary/aromatic N) is 4. The van der Waals surface area contributed by atoms with E-state index in [1.54, 1.807) is 31.7 Å². The quantitative estimate of drug-likeness (QED) is 0.145. The first kappa shape index (κ1) is 26.6. The summed E-state index contributed by atoms with van der Waals surface area (Å²) in [5.41, 5.74) is 7.98. The van der Waals surface area contributed by atoms with Crippen LogP contribution in [0.1, 0.15) is 0 Å². The Morgan fingerprint density at radius 2 is 1.56 bits per heavy atom. The van der Waals surface area contributed by atoms with Gasteiger partial charge < -0.3 is 34.4 Å². The van der Waals surface area contributed by atoms with E-state index >= 15 is 0 Å². The van der Waals surface area contributed by atoms with E-state index in [1.807, 2.05) is 30.3 Å². The number of nitrogen functional groups attached to an aromatic ring is 1. The van der Waals surface area contributed by atoms with Crippen molar-refractivity contribution in [1.82, 2.24) is 19.9 Å². The fraction of sp³-hybridized carbons (Fsp3) is 0.259. The van der Waals surface area contributed by atoms with Crippen molar-refractivity contribution in [2.75, 3.05) is 57.7 Å². The molecule has 0 radical (unpaired) electrons. The van der Waals surface area contributed by atoms with Gasteiger partial charge in [0.1, 0.15) is 46.5 Å². The molecule has 4 heterocycles. The number of ether oxygens (including phenoxy) is 4. The van der Waals surface area contributed by atoms with Crippen LogP contribution in [0.25, 0.3) is 33.3 Å². The molecule has 5 rings (SSSR count). The fourth-order valence-electron chi connectivity index (χ4n) is 3.84. The van der Waals surface area contributed by atoms with Gasteiger partial charge in [0.15, 0.2) is 5.58 Å². The highest BCUT2D eigenvalue weighted by atomic mass is 79.9. The molecule has 5 aromatic rings. The molecule has 0 amide bonds. The largest absolute Gasteiger partial charge is 0.491 e. The van der Waals surface area contributed by atoms with Gasteiger partial charge >= 0.3 is 0 Å². The molecule has 0 saturated heterocycles. The number of oxazole rings is 1.